The van der Waals surface area contributed by atoms with Crippen LogP contribution >= 0.6 is 0 Å². The normalized spacial score (nSPS) is 13.2. The summed E-state index contributed by atoms with van der Waals surface area (Å²) in [6.07, 6.45) is 10.8. The van der Waals surface area contributed by atoms with Gasteiger partial charge in [-0.25, -0.2) is 4.79 Å². The number of nitrogens with two attached hydrogens (primary N) is 3. The number of carboxylic acids is 1. The first-order valence-corrected chi connectivity index (χ1v) is 9.45. The summed E-state index contributed by atoms with van der Waals surface area (Å²) in [6.45, 7) is 2.46. The standard InChI is InChI=1S/C18H36N4O3/c1-2-3-4-5-6-7-8-9-10-12-15(23)18(21,16(24)25)13-11-14-22-17(19)20/h2-14,21H2,1H3,(H,24,25)(H4,19,20,22). The largest absolute Gasteiger partial charge is 0.480 e. The molecule has 7 heteroatoms. The lowest BCUT2D eigenvalue weighted by Gasteiger charge is -2.23. The summed E-state index contributed by atoms with van der Waals surface area (Å²) in [5.74, 6) is -1.75. The van der Waals surface area contributed by atoms with E-state index in [0.29, 0.717) is 12.8 Å². The second-order valence-corrected chi connectivity index (χ2v) is 6.69. The maximum Gasteiger partial charge on any atom is 0.331 e. The van der Waals surface area contributed by atoms with Crippen LogP contribution in [0, 0.1) is 0 Å². The first-order valence-electron chi connectivity index (χ1n) is 9.45. The zero-order valence-electron chi connectivity index (χ0n) is 15.6. The van der Waals surface area contributed by atoms with Crippen LogP contribution in [0.25, 0.3) is 0 Å². The molecule has 1 atom stereocenters. The van der Waals surface area contributed by atoms with Gasteiger partial charge in [0.2, 0.25) is 0 Å². The maximum atomic E-state index is 12.3. The molecule has 25 heavy (non-hydrogen) atoms. The second-order valence-electron chi connectivity index (χ2n) is 6.69. The van der Waals surface area contributed by atoms with E-state index in [0.717, 1.165) is 12.8 Å². The first-order chi connectivity index (χ1) is 11.8. The van der Waals surface area contributed by atoms with Crippen LogP contribution in [-0.4, -0.2) is 34.9 Å². The number of aliphatic carboxylic acids is 1. The molecule has 1 unspecified atom stereocenters. The SMILES string of the molecule is CCCCCCCCCCCC(=O)C(N)(CCCN=C(N)N)C(=O)O. The molecule has 0 aromatic rings. The fourth-order valence-electron chi connectivity index (χ4n) is 2.75. The number of hydrogen-bond acceptors (Lipinski definition) is 4. The summed E-state index contributed by atoms with van der Waals surface area (Å²) in [4.78, 5) is 27.5. The van der Waals surface area contributed by atoms with E-state index < -0.39 is 17.3 Å². The average molecular weight is 357 g/mol. The molecule has 0 saturated carbocycles. The molecule has 0 aliphatic rings. The molecule has 7 nitrogen and oxygen atoms in total. The minimum Gasteiger partial charge on any atom is -0.480 e. The molecule has 0 aromatic carbocycles. The topological polar surface area (TPSA) is 145 Å². The highest BCUT2D eigenvalue weighted by Crippen LogP contribution is 2.17. The molecular weight excluding hydrogens is 320 g/mol. The first kappa shape index (κ1) is 23.4. The zero-order chi connectivity index (χ0) is 19.1. The van der Waals surface area contributed by atoms with Crippen molar-refractivity contribution in [1.29, 1.82) is 0 Å². The predicted molar refractivity (Wildman–Crippen MR) is 101 cm³/mol. The molecule has 0 aromatic heterocycles. The van der Waals surface area contributed by atoms with Gasteiger partial charge in [-0.15, -0.1) is 0 Å². The Kier molecular flexibility index (Phi) is 12.7. The molecule has 0 saturated heterocycles. The highest BCUT2D eigenvalue weighted by atomic mass is 16.4. The van der Waals surface area contributed by atoms with Crippen LogP contribution in [0.4, 0.5) is 0 Å². The van der Waals surface area contributed by atoms with Gasteiger partial charge < -0.3 is 22.3 Å². The summed E-state index contributed by atoms with van der Waals surface area (Å²) in [5, 5.41) is 9.32. The Balaban J connectivity index is 4.04. The molecule has 0 bridgehead atoms. The van der Waals surface area contributed by atoms with E-state index in [4.69, 9.17) is 17.2 Å². The lowest BCUT2D eigenvalue weighted by Crippen LogP contribution is -2.55. The van der Waals surface area contributed by atoms with Gasteiger partial charge in [0.05, 0.1) is 0 Å². The summed E-state index contributed by atoms with van der Waals surface area (Å²) in [5.41, 5.74) is 14.4. The number of carboxylic acid groups (broad SMARTS) is 1. The van der Waals surface area contributed by atoms with Gasteiger partial charge in [0.15, 0.2) is 17.3 Å². The Morgan fingerprint density at radius 2 is 1.44 bits per heavy atom. The van der Waals surface area contributed by atoms with E-state index >= 15 is 0 Å². The quantitative estimate of drug-likeness (QED) is 0.144. The van der Waals surface area contributed by atoms with Crippen molar-refractivity contribution in [3.63, 3.8) is 0 Å². The molecule has 0 aliphatic carbocycles. The van der Waals surface area contributed by atoms with E-state index in [1.54, 1.807) is 0 Å². The number of guanidine groups is 1. The fraction of sp³-hybridized carbons (Fsp3) is 0.833. The van der Waals surface area contributed by atoms with Gasteiger partial charge in [-0.05, 0) is 19.3 Å². The third kappa shape index (κ3) is 10.8. The molecule has 0 aliphatic heterocycles. The molecule has 7 N–H and O–H groups in total. The molecule has 0 amide bonds. The van der Waals surface area contributed by atoms with Crippen molar-refractivity contribution < 1.29 is 14.7 Å². The van der Waals surface area contributed by atoms with E-state index in [1.165, 1.54) is 38.5 Å². The number of Topliss-reactive ketones (excluding diaryl/α,β-unsaturated/α-hetero) is 1. The van der Waals surface area contributed by atoms with Crippen LogP contribution in [0.15, 0.2) is 4.99 Å². The van der Waals surface area contributed by atoms with E-state index in [2.05, 4.69) is 11.9 Å². The van der Waals surface area contributed by atoms with Crippen molar-refractivity contribution in [2.75, 3.05) is 6.54 Å². The van der Waals surface area contributed by atoms with Gasteiger partial charge in [0.1, 0.15) is 0 Å². The van der Waals surface area contributed by atoms with Crippen molar-refractivity contribution in [1.82, 2.24) is 0 Å². The third-order valence-electron chi connectivity index (χ3n) is 4.41. The van der Waals surface area contributed by atoms with Gasteiger partial charge in [0, 0.05) is 13.0 Å². The van der Waals surface area contributed by atoms with Crippen LogP contribution in [0.2, 0.25) is 0 Å². The van der Waals surface area contributed by atoms with Crippen molar-refractivity contribution in [2.24, 2.45) is 22.2 Å². The number of carbonyl (C=O) groups is 2. The number of ketones is 1. The van der Waals surface area contributed by atoms with Crippen molar-refractivity contribution in [2.45, 2.75) is 89.5 Å². The molecule has 0 heterocycles. The molecule has 0 spiro atoms. The summed E-state index contributed by atoms with van der Waals surface area (Å²) < 4.78 is 0. The maximum absolute atomic E-state index is 12.3. The van der Waals surface area contributed by atoms with E-state index in [-0.39, 0.29) is 25.3 Å². The molecule has 146 valence electrons. The van der Waals surface area contributed by atoms with Gasteiger partial charge in [-0.3, -0.25) is 9.79 Å². The lowest BCUT2D eigenvalue weighted by molar-refractivity contribution is -0.148. The van der Waals surface area contributed by atoms with Crippen LogP contribution < -0.4 is 17.2 Å². The number of unbranched alkanes of at least 4 members (excludes halogenated alkanes) is 8. The minimum atomic E-state index is -1.83. The lowest BCUT2D eigenvalue weighted by atomic mass is 9.87. The van der Waals surface area contributed by atoms with Crippen molar-refractivity contribution >= 4 is 17.7 Å². The van der Waals surface area contributed by atoms with Crippen molar-refractivity contribution in [3.05, 3.63) is 0 Å². The average Bonchev–Trinajstić information content (AvgIpc) is 2.56. The second kappa shape index (κ2) is 13.6. The van der Waals surface area contributed by atoms with Gasteiger partial charge in [-0.1, -0.05) is 58.3 Å². The number of carbonyl (C=O) groups excluding carboxylic acids is 1. The predicted octanol–water partition coefficient (Wildman–Crippen LogP) is 2.31. The molecule has 0 fully saturated rings. The molecule has 0 radical (unpaired) electrons. The Bertz CT molecular complexity index is 423. The summed E-state index contributed by atoms with van der Waals surface area (Å²) in [6, 6.07) is 0. The highest BCUT2D eigenvalue weighted by Gasteiger charge is 2.40. The van der Waals surface area contributed by atoms with Crippen LogP contribution in [0.5, 0.6) is 0 Å². The Hall–Kier alpha value is -1.63. The smallest absolute Gasteiger partial charge is 0.331 e. The van der Waals surface area contributed by atoms with Crippen molar-refractivity contribution in [3.8, 4) is 0 Å². The number of aliphatic imine (C=N–C) groups is 1. The summed E-state index contributed by atoms with van der Waals surface area (Å²) >= 11 is 0. The van der Waals surface area contributed by atoms with E-state index in [9.17, 15) is 14.7 Å². The number of nitrogens with zero attached hydrogens (tertiary/aromatic N) is 1. The zero-order valence-corrected chi connectivity index (χ0v) is 15.6. The Morgan fingerprint density at radius 3 is 1.92 bits per heavy atom. The molecule has 0 rings (SSSR count). The summed E-state index contributed by atoms with van der Waals surface area (Å²) in [7, 11) is 0. The Morgan fingerprint density at radius 1 is 0.920 bits per heavy atom. The van der Waals surface area contributed by atoms with Gasteiger partial charge >= 0.3 is 5.97 Å². The highest BCUT2D eigenvalue weighted by molar-refractivity contribution is 6.07. The third-order valence-corrected chi connectivity index (χ3v) is 4.41. The monoisotopic (exact) mass is 356 g/mol. The van der Waals surface area contributed by atoms with Crippen LogP contribution in [-0.2, 0) is 9.59 Å². The number of hydrogen-bond donors (Lipinski definition) is 4. The molecular formula is C18H36N4O3. The number of rotatable bonds is 16. The van der Waals surface area contributed by atoms with Crippen LogP contribution in [0.3, 0.4) is 0 Å². The van der Waals surface area contributed by atoms with Gasteiger partial charge in [-0.2, -0.15) is 0 Å². The van der Waals surface area contributed by atoms with Crippen LogP contribution in [0.1, 0.15) is 84.0 Å². The van der Waals surface area contributed by atoms with Gasteiger partial charge in [0.25, 0.3) is 0 Å². The minimum absolute atomic E-state index is 0.0371. The Labute approximate surface area is 151 Å². The fourth-order valence-corrected chi connectivity index (χ4v) is 2.75. The van der Waals surface area contributed by atoms with E-state index in [1.807, 2.05) is 0 Å².